The van der Waals surface area contributed by atoms with Gasteiger partial charge in [0.15, 0.2) is 0 Å². The third kappa shape index (κ3) is 2.78. The maximum Gasteiger partial charge on any atom is 0.205 e. The van der Waals surface area contributed by atoms with E-state index in [2.05, 4.69) is 0 Å². The van der Waals surface area contributed by atoms with Crippen LogP contribution in [0, 0.1) is 0 Å². The van der Waals surface area contributed by atoms with Crippen LogP contribution < -0.4 is 5.73 Å². The molecule has 0 bridgehead atoms. The summed E-state index contributed by atoms with van der Waals surface area (Å²) in [6, 6.07) is 9.46. The predicted octanol–water partition coefficient (Wildman–Crippen LogP) is 0.981. The van der Waals surface area contributed by atoms with E-state index in [9.17, 15) is 4.57 Å². The molecule has 12 heavy (non-hydrogen) atoms. The zero-order chi connectivity index (χ0) is 8.97. The highest BCUT2D eigenvalue weighted by Gasteiger charge is 2.07. The second-order valence-corrected chi connectivity index (χ2v) is 4.05. The van der Waals surface area contributed by atoms with Gasteiger partial charge in [-0.1, -0.05) is 30.3 Å². The Hall–Kier alpha value is -0.630. The standard InChI is InChI=1S/C8H12NO2P/c9-8(12(10)11)6-7-4-2-1-3-5-7/h1-5,8,12H,6,9H2,(H,10,11)/t8-/m1/s1. The van der Waals surface area contributed by atoms with Gasteiger partial charge in [0.1, 0.15) is 0 Å². The van der Waals surface area contributed by atoms with Crippen LogP contribution in [-0.2, 0) is 11.0 Å². The van der Waals surface area contributed by atoms with E-state index in [1.807, 2.05) is 30.3 Å². The molecular formula is C8H12NO2P. The quantitative estimate of drug-likeness (QED) is 0.690. The van der Waals surface area contributed by atoms with Crippen molar-refractivity contribution in [2.24, 2.45) is 5.73 Å². The van der Waals surface area contributed by atoms with Crippen LogP contribution in [0.25, 0.3) is 0 Å². The molecule has 66 valence electrons. The summed E-state index contributed by atoms with van der Waals surface area (Å²) in [5.41, 5.74) is 6.43. The van der Waals surface area contributed by atoms with E-state index in [-0.39, 0.29) is 0 Å². The summed E-state index contributed by atoms with van der Waals surface area (Å²) < 4.78 is 10.6. The molecule has 0 saturated heterocycles. The second kappa shape index (κ2) is 4.41. The lowest BCUT2D eigenvalue weighted by atomic mass is 10.2. The van der Waals surface area contributed by atoms with Gasteiger partial charge < -0.3 is 10.6 Å². The molecule has 0 aliphatic heterocycles. The number of benzene rings is 1. The van der Waals surface area contributed by atoms with Crippen LogP contribution in [-0.4, -0.2) is 10.7 Å². The molecule has 1 aromatic rings. The molecule has 0 heterocycles. The smallest absolute Gasteiger partial charge is 0.205 e. The van der Waals surface area contributed by atoms with Crippen LogP contribution in [0.4, 0.5) is 0 Å². The highest BCUT2D eigenvalue weighted by Crippen LogP contribution is 2.20. The molecule has 4 heteroatoms. The molecule has 0 aromatic heterocycles. The van der Waals surface area contributed by atoms with Gasteiger partial charge in [0, 0.05) is 0 Å². The second-order valence-electron chi connectivity index (χ2n) is 2.63. The third-order valence-corrected chi connectivity index (χ3v) is 2.45. The summed E-state index contributed by atoms with van der Waals surface area (Å²) in [6.07, 6.45) is 0.467. The molecular weight excluding hydrogens is 173 g/mol. The Labute approximate surface area is 72.1 Å². The third-order valence-electron chi connectivity index (χ3n) is 1.62. The van der Waals surface area contributed by atoms with Gasteiger partial charge in [-0.15, -0.1) is 0 Å². The Kier molecular flexibility index (Phi) is 3.48. The average Bonchev–Trinajstić information content (AvgIpc) is 2.06. The van der Waals surface area contributed by atoms with Crippen molar-refractivity contribution in [3.05, 3.63) is 35.9 Å². The van der Waals surface area contributed by atoms with Crippen molar-refractivity contribution in [1.82, 2.24) is 0 Å². The van der Waals surface area contributed by atoms with Crippen molar-refractivity contribution < 1.29 is 9.46 Å². The summed E-state index contributed by atoms with van der Waals surface area (Å²) in [5.74, 6) is -0.614. The summed E-state index contributed by atoms with van der Waals surface area (Å²) in [5, 5.41) is 0. The van der Waals surface area contributed by atoms with E-state index >= 15 is 0 Å². The zero-order valence-electron chi connectivity index (χ0n) is 6.60. The van der Waals surface area contributed by atoms with Crippen LogP contribution >= 0.6 is 8.03 Å². The Morgan fingerprint density at radius 3 is 2.50 bits per heavy atom. The highest BCUT2D eigenvalue weighted by atomic mass is 31.1. The van der Waals surface area contributed by atoms with E-state index in [1.54, 1.807) is 0 Å². The largest absolute Gasteiger partial charge is 0.345 e. The predicted molar refractivity (Wildman–Crippen MR) is 49.3 cm³/mol. The SMILES string of the molecule is N[C@@H](Cc1ccccc1)[PH](=O)O. The van der Waals surface area contributed by atoms with Crippen molar-refractivity contribution in [2.45, 2.75) is 12.2 Å². The van der Waals surface area contributed by atoms with Crippen molar-refractivity contribution in [3.63, 3.8) is 0 Å². The monoisotopic (exact) mass is 185 g/mol. The number of nitrogens with two attached hydrogens (primary N) is 1. The molecule has 3 nitrogen and oxygen atoms in total. The minimum Gasteiger partial charge on any atom is -0.345 e. The molecule has 1 unspecified atom stereocenters. The van der Waals surface area contributed by atoms with E-state index in [4.69, 9.17) is 10.6 Å². The van der Waals surface area contributed by atoms with Gasteiger partial charge in [-0.25, -0.2) is 0 Å². The van der Waals surface area contributed by atoms with Crippen LogP contribution in [0.3, 0.4) is 0 Å². The minimum absolute atomic E-state index is 0.467. The fourth-order valence-corrected chi connectivity index (χ4v) is 1.37. The molecule has 0 spiro atoms. The number of hydrogen-bond acceptors (Lipinski definition) is 2. The van der Waals surface area contributed by atoms with Crippen LogP contribution in [0.1, 0.15) is 5.56 Å². The molecule has 0 radical (unpaired) electrons. The van der Waals surface area contributed by atoms with Crippen LogP contribution in [0.15, 0.2) is 30.3 Å². The fraction of sp³-hybridized carbons (Fsp3) is 0.250. The first kappa shape index (κ1) is 9.46. The van der Waals surface area contributed by atoms with Gasteiger partial charge in [0.05, 0.1) is 5.78 Å². The summed E-state index contributed by atoms with van der Waals surface area (Å²) in [6.45, 7) is 0. The van der Waals surface area contributed by atoms with Gasteiger partial charge >= 0.3 is 0 Å². The van der Waals surface area contributed by atoms with Gasteiger partial charge in [0.25, 0.3) is 0 Å². The number of rotatable bonds is 3. The van der Waals surface area contributed by atoms with Crippen molar-refractivity contribution in [1.29, 1.82) is 0 Å². The molecule has 0 saturated carbocycles. The van der Waals surface area contributed by atoms with Crippen molar-refractivity contribution >= 4 is 8.03 Å². The number of hydrogen-bond donors (Lipinski definition) is 2. The van der Waals surface area contributed by atoms with Gasteiger partial charge in [0.2, 0.25) is 8.03 Å². The topological polar surface area (TPSA) is 63.3 Å². The Balaban J connectivity index is 2.58. The first-order chi connectivity index (χ1) is 5.70. The van der Waals surface area contributed by atoms with Gasteiger partial charge in [-0.05, 0) is 12.0 Å². The lowest BCUT2D eigenvalue weighted by Gasteiger charge is -2.06. The van der Waals surface area contributed by atoms with Crippen molar-refractivity contribution in [2.75, 3.05) is 0 Å². The lowest BCUT2D eigenvalue weighted by molar-refractivity contribution is 0.488. The molecule has 0 aliphatic rings. The highest BCUT2D eigenvalue weighted by molar-refractivity contribution is 7.38. The summed E-state index contributed by atoms with van der Waals surface area (Å²) >= 11 is 0. The minimum atomic E-state index is -2.58. The average molecular weight is 185 g/mol. The molecule has 3 N–H and O–H groups in total. The molecule has 2 atom stereocenters. The molecule has 0 aliphatic carbocycles. The van der Waals surface area contributed by atoms with Crippen LogP contribution in [0.2, 0.25) is 0 Å². The van der Waals surface area contributed by atoms with E-state index in [1.165, 1.54) is 0 Å². The Morgan fingerprint density at radius 1 is 1.42 bits per heavy atom. The van der Waals surface area contributed by atoms with Crippen LogP contribution in [0.5, 0.6) is 0 Å². The Bertz CT molecular complexity index is 263. The van der Waals surface area contributed by atoms with E-state index in [0.29, 0.717) is 6.42 Å². The first-order valence-electron chi connectivity index (χ1n) is 3.72. The fourth-order valence-electron chi connectivity index (χ4n) is 0.955. The van der Waals surface area contributed by atoms with Gasteiger partial charge in [-0.3, -0.25) is 4.57 Å². The molecule has 1 aromatic carbocycles. The van der Waals surface area contributed by atoms with Crippen molar-refractivity contribution in [3.8, 4) is 0 Å². The van der Waals surface area contributed by atoms with E-state index in [0.717, 1.165) is 5.56 Å². The normalized spacial score (nSPS) is 15.5. The lowest BCUT2D eigenvalue weighted by Crippen LogP contribution is -2.17. The Morgan fingerprint density at radius 2 is 2.00 bits per heavy atom. The van der Waals surface area contributed by atoms with E-state index < -0.39 is 13.8 Å². The van der Waals surface area contributed by atoms with Gasteiger partial charge in [-0.2, -0.15) is 0 Å². The maximum absolute atomic E-state index is 10.6. The summed E-state index contributed by atoms with van der Waals surface area (Å²) in [7, 11) is -2.58. The summed E-state index contributed by atoms with van der Waals surface area (Å²) in [4.78, 5) is 8.70. The first-order valence-corrected chi connectivity index (χ1v) is 5.16. The molecule has 0 fully saturated rings. The zero-order valence-corrected chi connectivity index (χ0v) is 7.60. The molecule has 0 amide bonds. The molecule has 1 rings (SSSR count). The maximum atomic E-state index is 10.6.